The lowest BCUT2D eigenvalue weighted by Gasteiger charge is -2.34. The molecule has 8 nitrogen and oxygen atoms in total. The Morgan fingerprint density at radius 2 is 1.88 bits per heavy atom. The predicted molar refractivity (Wildman–Crippen MR) is 95.8 cm³/mol. The van der Waals surface area contributed by atoms with Crippen LogP contribution in [0.25, 0.3) is 0 Å². The Morgan fingerprint density at radius 3 is 2.42 bits per heavy atom. The van der Waals surface area contributed by atoms with E-state index < -0.39 is 25.7 Å². The summed E-state index contributed by atoms with van der Waals surface area (Å²) < 4.78 is 17.0. The maximum Gasteiger partial charge on any atom is 0.325 e. The van der Waals surface area contributed by atoms with Gasteiger partial charge in [-0.1, -0.05) is 18.2 Å². The summed E-state index contributed by atoms with van der Waals surface area (Å²) in [6.45, 7) is 2.22. The van der Waals surface area contributed by atoms with Gasteiger partial charge in [-0.25, -0.2) is 0 Å². The Morgan fingerprint density at radius 1 is 1.27 bits per heavy atom. The van der Waals surface area contributed by atoms with Crippen LogP contribution in [0, 0.1) is 0 Å². The highest BCUT2D eigenvalue weighted by molar-refractivity contribution is 7.51. The Kier molecular flexibility index (Phi) is 7.20. The lowest BCUT2D eigenvalue weighted by Crippen LogP contribution is -2.51. The summed E-state index contributed by atoms with van der Waals surface area (Å²) in [6, 6.07) is 8.54. The van der Waals surface area contributed by atoms with Gasteiger partial charge in [-0.05, 0) is 18.6 Å². The average Bonchev–Trinajstić information content (AvgIpc) is 2.58. The minimum Gasteiger partial charge on any atom is -0.490 e. The minimum atomic E-state index is -4.23. The van der Waals surface area contributed by atoms with Gasteiger partial charge in [0, 0.05) is 32.9 Å². The van der Waals surface area contributed by atoms with Crippen LogP contribution in [0.5, 0.6) is 5.75 Å². The van der Waals surface area contributed by atoms with Crippen molar-refractivity contribution in [1.82, 2.24) is 10.2 Å². The van der Waals surface area contributed by atoms with Gasteiger partial charge in [-0.3, -0.25) is 14.2 Å². The van der Waals surface area contributed by atoms with Gasteiger partial charge < -0.3 is 24.7 Å². The lowest BCUT2D eigenvalue weighted by atomic mass is 10.1. The molecule has 1 atom stereocenters. The average molecular weight is 384 g/mol. The van der Waals surface area contributed by atoms with Crippen LogP contribution in [0.2, 0.25) is 0 Å². The zero-order chi connectivity index (χ0) is 19.2. The number of hydrogen-bond acceptors (Lipinski definition) is 4. The Labute approximate surface area is 152 Å². The van der Waals surface area contributed by atoms with E-state index in [1.807, 2.05) is 30.3 Å². The Bertz CT molecular complexity index is 654. The number of hydrogen-bond donors (Lipinski definition) is 3. The number of ether oxygens (including phenoxy) is 1. The van der Waals surface area contributed by atoms with E-state index in [0.717, 1.165) is 5.75 Å². The van der Waals surface area contributed by atoms with Crippen LogP contribution < -0.4 is 10.1 Å². The number of nitrogens with one attached hydrogen (secondary N) is 1. The molecule has 1 aliphatic heterocycles. The topological polar surface area (TPSA) is 116 Å². The fourth-order valence-electron chi connectivity index (χ4n) is 2.91. The summed E-state index contributed by atoms with van der Waals surface area (Å²) in [4.78, 5) is 43.6. The number of carbonyl (C=O) groups excluding carboxylic acids is 2. The van der Waals surface area contributed by atoms with E-state index in [1.54, 1.807) is 4.90 Å². The molecule has 3 N–H and O–H groups in total. The number of likely N-dealkylation sites (tertiary alicyclic amines) is 1. The van der Waals surface area contributed by atoms with Gasteiger partial charge in [-0.15, -0.1) is 0 Å². The van der Waals surface area contributed by atoms with E-state index in [1.165, 1.54) is 6.92 Å². The van der Waals surface area contributed by atoms with E-state index in [2.05, 4.69) is 5.32 Å². The summed E-state index contributed by atoms with van der Waals surface area (Å²) in [7, 11) is -4.23. The van der Waals surface area contributed by atoms with Crippen molar-refractivity contribution >= 4 is 19.4 Å². The number of para-hydroxylation sites is 1. The van der Waals surface area contributed by atoms with Gasteiger partial charge in [0.05, 0.1) is 6.16 Å². The summed E-state index contributed by atoms with van der Waals surface area (Å²) in [5.41, 5.74) is 0. The first-order chi connectivity index (χ1) is 12.2. The van der Waals surface area contributed by atoms with Crippen molar-refractivity contribution in [3.8, 4) is 5.75 Å². The van der Waals surface area contributed by atoms with Gasteiger partial charge in [0.15, 0.2) is 0 Å². The van der Waals surface area contributed by atoms with Crippen LogP contribution in [0.4, 0.5) is 0 Å². The van der Waals surface area contributed by atoms with Crippen LogP contribution in [0.15, 0.2) is 30.3 Å². The standard InChI is InChI=1S/C17H25N2O6P/c1-13(20)18-16(9-12-26(22,23)24)17(21)19-10-7-15(8-11-19)25-14-5-3-2-4-6-14/h2-6,15-16H,7-12H2,1H3,(H,18,20)(H2,22,23,24). The van der Waals surface area contributed by atoms with Crippen LogP contribution in [-0.2, 0) is 14.2 Å². The third-order valence-electron chi connectivity index (χ3n) is 4.18. The molecule has 0 spiro atoms. The van der Waals surface area contributed by atoms with Crippen molar-refractivity contribution in [1.29, 1.82) is 0 Å². The Balaban J connectivity index is 1.89. The number of benzene rings is 1. The fourth-order valence-corrected chi connectivity index (χ4v) is 3.50. The second kappa shape index (κ2) is 9.16. The van der Waals surface area contributed by atoms with E-state index >= 15 is 0 Å². The molecule has 1 fully saturated rings. The van der Waals surface area contributed by atoms with E-state index in [-0.39, 0.29) is 18.4 Å². The molecule has 0 radical (unpaired) electrons. The highest BCUT2D eigenvalue weighted by atomic mass is 31.2. The number of amides is 2. The zero-order valence-corrected chi connectivity index (χ0v) is 15.6. The molecule has 0 aromatic heterocycles. The number of nitrogens with zero attached hydrogens (tertiary/aromatic N) is 1. The molecule has 1 saturated heterocycles. The first-order valence-corrected chi connectivity index (χ1v) is 10.4. The lowest BCUT2D eigenvalue weighted by molar-refractivity contribution is -0.137. The molecule has 2 amide bonds. The van der Waals surface area contributed by atoms with E-state index in [9.17, 15) is 14.2 Å². The van der Waals surface area contributed by atoms with Crippen molar-refractivity contribution in [3.63, 3.8) is 0 Å². The summed E-state index contributed by atoms with van der Waals surface area (Å²) in [6.07, 6.45) is 0.786. The number of carbonyl (C=O) groups is 2. The third-order valence-corrected chi connectivity index (χ3v) is 5.03. The molecule has 1 unspecified atom stereocenters. The smallest absolute Gasteiger partial charge is 0.325 e. The number of rotatable bonds is 7. The normalized spacial score (nSPS) is 16.8. The summed E-state index contributed by atoms with van der Waals surface area (Å²) in [5.74, 6) is 0.0678. The molecule has 9 heteroatoms. The molecule has 0 saturated carbocycles. The second-order valence-electron chi connectivity index (χ2n) is 6.39. The Hall–Kier alpha value is -1.89. The molecule has 1 aromatic rings. The first-order valence-electron chi connectivity index (χ1n) is 8.57. The van der Waals surface area contributed by atoms with Crippen LogP contribution in [0.3, 0.4) is 0 Å². The maximum absolute atomic E-state index is 12.6. The highest BCUT2D eigenvalue weighted by Gasteiger charge is 2.30. The number of piperidine rings is 1. The van der Waals surface area contributed by atoms with Crippen molar-refractivity contribution < 1.29 is 28.7 Å². The van der Waals surface area contributed by atoms with Gasteiger partial charge in [0.1, 0.15) is 17.9 Å². The molecule has 1 aliphatic rings. The molecule has 1 heterocycles. The monoisotopic (exact) mass is 384 g/mol. The van der Waals surface area contributed by atoms with Crippen LogP contribution in [-0.4, -0.2) is 57.9 Å². The summed E-state index contributed by atoms with van der Waals surface area (Å²) in [5, 5.41) is 2.50. The van der Waals surface area contributed by atoms with E-state index in [0.29, 0.717) is 25.9 Å². The predicted octanol–water partition coefficient (Wildman–Crippen LogP) is 1.13. The van der Waals surface area contributed by atoms with E-state index in [4.69, 9.17) is 14.5 Å². The quantitative estimate of drug-likeness (QED) is 0.607. The first kappa shape index (κ1) is 20.4. The summed E-state index contributed by atoms with van der Waals surface area (Å²) >= 11 is 0. The largest absolute Gasteiger partial charge is 0.490 e. The van der Waals surface area contributed by atoms with Gasteiger partial charge in [0.2, 0.25) is 11.8 Å². The fraction of sp³-hybridized carbons (Fsp3) is 0.529. The van der Waals surface area contributed by atoms with Gasteiger partial charge >= 0.3 is 7.60 Å². The molecular formula is C17H25N2O6P. The molecular weight excluding hydrogens is 359 g/mol. The second-order valence-corrected chi connectivity index (χ2v) is 8.16. The van der Waals surface area contributed by atoms with Crippen molar-refractivity contribution in [2.45, 2.75) is 38.3 Å². The molecule has 1 aromatic carbocycles. The molecule has 26 heavy (non-hydrogen) atoms. The molecule has 0 aliphatic carbocycles. The van der Waals surface area contributed by atoms with Crippen LogP contribution in [0.1, 0.15) is 26.2 Å². The van der Waals surface area contributed by atoms with Gasteiger partial charge in [0.25, 0.3) is 0 Å². The highest BCUT2D eigenvalue weighted by Crippen LogP contribution is 2.35. The maximum atomic E-state index is 12.6. The molecule has 144 valence electrons. The van der Waals surface area contributed by atoms with Crippen LogP contribution >= 0.6 is 7.60 Å². The minimum absolute atomic E-state index is 0.00997. The zero-order valence-electron chi connectivity index (χ0n) is 14.7. The van der Waals surface area contributed by atoms with Crippen molar-refractivity contribution in [3.05, 3.63) is 30.3 Å². The SMILES string of the molecule is CC(=O)NC(CCP(=O)(O)O)C(=O)N1CCC(Oc2ccccc2)CC1. The van der Waals surface area contributed by atoms with Gasteiger partial charge in [-0.2, -0.15) is 0 Å². The third kappa shape index (κ3) is 6.78. The van der Waals surface area contributed by atoms with Crippen molar-refractivity contribution in [2.24, 2.45) is 0 Å². The molecule has 0 bridgehead atoms. The van der Waals surface area contributed by atoms with Crippen molar-refractivity contribution in [2.75, 3.05) is 19.3 Å². The molecule has 2 rings (SSSR count).